The third kappa shape index (κ3) is 2.00. The fourth-order valence-electron chi connectivity index (χ4n) is 3.24. The number of benzene rings is 1. The van der Waals surface area contributed by atoms with Gasteiger partial charge in [0, 0.05) is 25.2 Å². The number of rotatable bonds is 4. The van der Waals surface area contributed by atoms with Crippen molar-refractivity contribution in [1.82, 2.24) is 10.2 Å². The van der Waals surface area contributed by atoms with Crippen molar-refractivity contribution in [3.8, 4) is 0 Å². The maximum Gasteiger partial charge on any atom is 0.0358 e. The Morgan fingerprint density at radius 3 is 2.82 bits per heavy atom. The Morgan fingerprint density at radius 1 is 1.29 bits per heavy atom. The zero-order chi connectivity index (χ0) is 11.7. The lowest BCUT2D eigenvalue weighted by atomic mass is 10.0. The molecule has 0 spiro atoms. The molecule has 1 saturated heterocycles. The first kappa shape index (κ1) is 11.2. The number of aryl methyl sites for hydroxylation is 1. The SMILES string of the molecule is CCCN(C1CNC1)C1CCc2ccccc21. The largest absolute Gasteiger partial charge is 0.314 e. The molecular formula is C15H22N2. The molecule has 2 heteroatoms. The number of fused-ring (bicyclic) bond motifs is 1. The summed E-state index contributed by atoms with van der Waals surface area (Å²) in [6, 6.07) is 10.5. The Balaban J connectivity index is 1.82. The van der Waals surface area contributed by atoms with E-state index in [1.807, 2.05) is 0 Å². The van der Waals surface area contributed by atoms with E-state index in [0.29, 0.717) is 6.04 Å². The molecule has 1 aromatic carbocycles. The first-order chi connectivity index (χ1) is 8.40. The van der Waals surface area contributed by atoms with Gasteiger partial charge in [0.25, 0.3) is 0 Å². The second kappa shape index (κ2) is 4.79. The van der Waals surface area contributed by atoms with E-state index in [4.69, 9.17) is 0 Å². The van der Waals surface area contributed by atoms with E-state index in [1.165, 1.54) is 38.9 Å². The van der Waals surface area contributed by atoms with Crippen LogP contribution in [0.3, 0.4) is 0 Å². The van der Waals surface area contributed by atoms with Crippen molar-refractivity contribution < 1.29 is 0 Å². The second-order valence-electron chi connectivity index (χ2n) is 5.30. The number of nitrogens with zero attached hydrogens (tertiary/aromatic N) is 1. The molecule has 1 fully saturated rings. The van der Waals surface area contributed by atoms with Gasteiger partial charge < -0.3 is 5.32 Å². The summed E-state index contributed by atoms with van der Waals surface area (Å²) in [5.41, 5.74) is 3.17. The predicted molar refractivity (Wildman–Crippen MR) is 71.2 cm³/mol. The normalized spacial score (nSPS) is 23.8. The number of hydrogen-bond acceptors (Lipinski definition) is 2. The van der Waals surface area contributed by atoms with E-state index >= 15 is 0 Å². The van der Waals surface area contributed by atoms with Crippen LogP contribution in [0, 0.1) is 0 Å². The highest BCUT2D eigenvalue weighted by atomic mass is 15.3. The molecule has 0 radical (unpaired) electrons. The Kier molecular flexibility index (Phi) is 3.17. The fraction of sp³-hybridized carbons (Fsp3) is 0.600. The molecule has 1 aliphatic heterocycles. The van der Waals surface area contributed by atoms with E-state index in [2.05, 4.69) is 41.4 Å². The molecule has 0 saturated carbocycles. The summed E-state index contributed by atoms with van der Waals surface area (Å²) >= 11 is 0. The van der Waals surface area contributed by atoms with E-state index < -0.39 is 0 Å². The van der Waals surface area contributed by atoms with Crippen molar-refractivity contribution in [1.29, 1.82) is 0 Å². The van der Waals surface area contributed by atoms with Crippen LogP contribution in [0.25, 0.3) is 0 Å². The second-order valence-corrected chi connectivity index (χ2v) is 5.30. The van der Waals surface area contributed by atoms with Gasteiger partial charge in [0.15, 0.2) is 0 Å². The maximum absolute atomic E-state index is 3.41. The minimum absolute atomic E-state index is 0.679. The lowest BCUT2D eigenvalue weighted by Crippen LogP contribution is -2.57. The minimum atomic E-state index is 0.679. The molecule has 2 aliphatic rings. The molecule has 17 heavy (non-hydrogen) atoms. The van der Waals surface area contributed by atoms with Crippen LogP contribution in [0.5, 0.6) is 0 Å². The van der Waals surface area contributed by atoms with Crippen LogP contribution in [0.15, 0.2) is 24.3 Å². The third-order valence-corrected chi connectivity index (χ3v) is 4.21. The van der Waals surface area contributed by atoms with Crippen molar-refractivity contribution in [3.63, 3.8) is 0 Å². The average Bonchev–Trinajstić information content (AvgIpc) is 2.69. The van der Waals surface area contributed by atoms with Gasteiger partial charge in [-0.25, -0.2) is 0 Å². The standard InChI is InChI=1S/C15H22N2/c1-2-9-17(13-10-16-11-13)15-8-7-12-5-3-4-6-14(12)15/h3-6,13,15-16H,2,7-11H2,1H3. The molecule has 0 amide bonds. The van der Waals surface area contributed by atoms with Gasteiger partial charge in [0.2, 0.25) is 0 Å². The van der Waals surface area contributed by atoms with Crippen molar-refractivity contribution in [3.05, 3.63) is 35.4 Å². The predicted octanol–water partition coefficient (Wildman–Crippen LogP) is 2.36. The Morgan fingerprint density at radius 2 is 2.12 bits per heavy atom. The Labute approximate surface area is 104 Å². The van der Waals surface area contributed by atoms with Crippen molar-refractivity contribution >= 4 is 0 Å². The first-order valence-electron chi connectivity index (χ1n) is 6.94. The molecule has 1 heterocycles. The highest BCUT2D eigenvalue weighted by Gasteiger charge is 2.33. The number of nitrogens with one attached hydrogen (secondary N) is 1. The summed E-state index contributed by atoms with van der Waals surface area (Å²) in [6.45, 7) is 5.89. The van der Waals surface area contributed by atoms with Gasteiger partial charge in [-0.15, -0.1) is 0 Å². The lowest BCUT2D eigenvalue weighted by molar-refractivity contribution is 0.0944. The molecular weight excluding hydrogens is 208 g/mol. The molecule has 1 atom stereocenters. The highest BCUT2D eigenvalue weighted by Crippen LogP contribution is 2.37. The van der Waals surface area contributed by atoms with Gasteiger partial charge in [-0.1, -0.05) is 31.2 Å². The zero-order valence-electron chi connectivity index (χ0n) is 10.7. The third-order valence-electron chi connectivity index (χ3n) is 4.21. The van der Waals surface area contributed by atoms with Crippen LogP contribution in [-0.2, 0) is 6.42 Å². The van der Waals surface area contributed by atoms with E-state index in [-0.39, 0.29) is 0 Å². The van der Waals surface area contributed by atoms with Gasteiger partial charge in [-0.3, -0.25) is 4.90 Å². The van der Waals surface area contributed by atoms with E-state index in [0.717, 1.165) is 6.04 Å². The summed E-state index contributed by atoms with van der Waals surface area (Å²) in [6.07, 6.45) is 3.84. The van der Waals surface area contributed by atoms with Crippen molar-refractivity contribution in [2.24, 2.45) is 0 Å². The van der Waals surface area contributed by atoms with Crippen LogP contribution >= 0.6 is 0 Å². The first-order valence-corrected chi connectivity index (χ1v) is 6.94. The van der Waals surface area contributed by atoms with Crippen LogP contribution < -0.4 is 5.32 Å². The Hall–Kier alpha value is -0.860. The molecule has 3 rings (SSSR count). The van der Waals surface area contributed by atoms with Gasteiger partial charge in [-0.2, -0.15) is 0 Å². The maximum atomic E-state index is 3.41. The molecule has 1 unspecified atom stereocenters. The van der Waals surface area contributed by atoms with Crippen LogP contribution in [0.4, 0.5) is 0 Å². The molecule has 1 N–H and O–H groups in total. The smallest absolute Gasteiger partial charge is 0.0358 e. The molecule has 0 bridgehead atoms. The van der Waals surface area contributed by atoms with Crippen LogP contribution in [-0.4, -0.2) is 30.6 Å². The summed E-state index contributed by atoms with van der Waals surface area (Å²) in [4.78, 5) is 2.74. The summed E-state index contributed by atoms with van der Waals surface area (Å²) in [5, 5.41) is 3.41. The van der Waals surface area contributed by atoms with E-state index in [9.17, 15) is 0 Å². The van der Waals surface area contributed by atoms with Crippen molar-refractivity contribution in [2.45, 2.75) is 38.3 Å². The fourth-order valence-corrected chi connectivity index (χ4v) is 3.24. The molecule has 92 valence electrons. The zero-order valence-corrected chi connectivity index (χ0v) is 10.7. The lowest BCUT2D eigenvalue weighted by Gasteiger charge is -2.42. The Bertz CT molecular complexity index is 384. The van der Waals surface area contributed by atoms with Gasteiger partial charge in [-0.05, 0) is 36.9 Å². The van der Waals surface area contributed by atoms with Gasteiger partial charge in [0.05, 0.1) is 0 Å². The average molecular weight is 230 g/mol. The minimum Gasteiger partial charge on any atom is -0.314 e. The monoisotopic (exact) mass is 230 g/mol. The summed E-state index contributed by atoms with van der Waals surface area (Å²) < 4.78 is 0. The topological polar surface area (TPSA) is 15.3 Å². The quantitative estimate of drug-likeness (QED) is 0.854. The molecule has 2 nitrogen and oxygen atoms in total. The van der Waals surface area contributed by atoms with Crippen LogP contribution in [0.1, 0.15) is 36.9 Å². The molecule has 0 aromatic heterocycles. The summed E-state index contributed by atoms with van der Waals surface area (Å²) in [7, 11) is 0. The van der Waals surface area contributed by atoms with Gasteiger partial charge in [0.1, 0.15) is 0 Å². The highest BCUT2D eigenvalue weighted by molar-refractivity contribution is 5.34. The molecule has 1 aromatic rings. The van der Waals surface area contributed by atoms with Crippen LogP contribution in [0.2, 0.25) is 0 Å². The van der Waals surface area contributed by atoms with Crippen molar-refractivity contribution in [2.75, 3.05) is 19.6 Å². The van der Waals surface area contributed by atoms with E-state index in [1.54, 1.807) is 11.1 Å². The summed E-state index contributed by atoms with van der Waals surface area (Å²) in [5.74, 6) is 0. The number of hydrogen-bond donors (Lipinski definition) is 1. The van der Waals surface area contributed by atoms with Gasteiger partial charge >= 0.3 is 0 Å². The molecule has 1 aliphatic carbocycles.